The van der Waals surface area contributed by atoms with Crippen LogP contribution in [0.5, 0.6) is 11.5 Å². The number of nitrogens with one attached hydrogen (secondary N) is 1. The minimum absolute atomic E-state index is 0.0654. The van der Waals surface area contributed by atoms with Crippen LogP contribution in [0.1, 0.15) is 16.2 Å². The van der Waals surface area contributed by atoms with Gasteiger partial charge in [-0.25, -0.2) is 4.98 Å². The molecule has 8 nitrogen and oxygen atoms in total. The smallest absolute Gasteiger partial charge is 0.325 e. The zero-order chi connectivity index (χ0) is 20.8. The highest BCUT2D eigenvalue weighted by molar-refractivity contribution is 5.94. The van der Waals surface area contributed by atoms with Crippen molar-refractivity contribution < 1.29 is 23.8 Å². The molecule has 0 saturated heterocycles. The Balaban J connectivity index is 1.71. The Kier molecular flexibility index (Phi) is 6.33. The first-order valence-electron chi connectivity index (χ1n) is 9.08. The molecule has 3 aromatic rings. The molecule has 0 saturated carbocycles. The lowest BCUT2D eigenvalue weighted by molar-refractivity contribution is -0.141. The molecule has 3 rings (SSSR count). The largest absolute Gasteiger partial charge is 0.493 e. The lowest BCUT2D eigenvalue weighted by Crippen LogP contribution is -2.27. The summed E-state index contributed by atoms with van der Waals surface area (Å²) >= 11 is 0. The van der Waals surface area contributed by atoms with Crippen molar-refractivity contribution >= 4 is 22.9 Å². The van der Waals surface area contributed by atoms with Gasteiger partial charge in [0.25, 0.3) is 5.91 Å². The molecule has 0 spiro atoms. The van der Waals surface area contributed by atoms with Crippen LogP contribution in [0.3, 0.4) is 0 Å². The Hall–Kier alpha value is -3.55. The van der Waals surface area contributed by atoms with Gasteiger partial charge >= 0.3 is 5.97 Å². The number of nitrogens with zero attached hydrogens (tertiary/aromatic N) is 2. The molecule has 0 fully saturated rings. The van der Waals surface area contributed by atoms with E-state index in [-0.39, 0.29) is 18.4 Å². The number of ether oxygens (including phenoxy) is 3. The standard InChI is InChI=1S/C21H23N3O5/c1-27-17-9-8-14(12-18(17)28-2)21(26)22-11-10-19-23-15-6-4-5-7-16(15)24(19)13-20(25)29-3/h4-9,12H,10-11,13H2,1-3H3,(H,22,26). The summed E-state index contributed by atoms with van der Waals surface area (Å²) in [6.07, 6.45) is 0.463. The SMILES string of the molecule is COC(=O)Cn1c(CCNC(=O)c2ccc(OC)c(OC)c2)nc2ccccc21. The number of esters is 1. The van der Waals surface area contributed by atoms with E-state index in [9.17, 15) is 9.59 Å². The molecule has 1 N–H and O–H groups in total. The Morgan fingerprint density at radius 3 is 2.52 bits per heavy atom. The molecule has 29 heavy (non-hydrogen) atoms. The van der Waals surface area contributed by atoms with Gasteiger partial charge in [0.1, 0.15) is 12.4 Å². The summed E-state index contributed by atoms with van der Waals surface area (Å²) in [6.45, 7) is 0.424. The molecule has 0 radical (unpaired) electrons. The number of fused-ring (bicyclic) bond motifs is 1. The fraction of sp³-hybridized carbons (Fsp3) is 0.286. The molecule has 1 aromatic heterocycles. The van der Waals surface area contributed by atoms with Gasteiger partial charge in [-0.2, -0.15) is 0 Å². The van der Waals surface area contributed by atoms with Crippen molar-refractivity contribution in [1.82, 2.24) is 14.9 Å². The van der Waals surface area contributed by atoms with Gasteiger partial charge in [0.2, 0.25) is 0 Å². The van der Waals surface area contributed by atoms with Gasteiger partial charge in [0.15, 0.2) is 11.5 Å². The lowest BCUT2D eigenvalue weighted by atomic mass is 10.2. The van der Waals surface area contributed by atoms with Gasteiger partial charge < -0.3 is 24.1 Å². The van der Waals surface area contributed by atoms with E-state index in [0.29, 0.717) is 35.9 Å². The Morgan fingerprint density at radius 1 is 1.03 bits per heavy atom. The van der Waals surface area contributed by atoms with Crippen LogP contribution in [0.4, 0.5) is 0 Å². The second-order valence-electron chi connectivity index (χ2n) is 6.25. The first kappa shape index (κ1) is 20.2. The second-order valence-corrected chi connectivity index (χ2v) is 6.25. The summed E-state index contributed by atoms with van der Waals surface area (Å²) < 4.78 is 17.0. The maximum Gasteiger partial charge on any atom is 0.325 e. The minimum atomic E-state index is -0.358. The highest BCUT2D eigenvalue weighted by Gasteiger charge is 2.15. The zero-order valence-electron chi connectivity index (χ0n) is 16.6. The third-order valence-electron chi connectivity index (χ3n) is 4.53. The molecular formula is C21H23N3O5. The number of imidazole rings is 1. The monoisotopic (exact) mass is 397 g/mol. The number of rotatable bonds is 8. The topological polar surface area (TPSA) is 91.7 Å². The average molecular weight is 397 g/mol. The first-order chi connectivity index (χ1) is 14.1. The van der Waals surface area contributed by atoms with Crippen LogP contribution in [-0.4, -0.2) is 49.3 Å². The number of hydrogen-bond donors (Lipinski definition) is 1. The number of para-hydroxylation sites is 2. The first-order valence-corrected chi connectivity index (χ1v) is 9.08. The molecule has 0 unspecified atom stereocenters. The van der Waals surface area contributed by atoms with E-state index in [1.54, 1.807) is 18.2 Å². The predicted octanol–water partition coefficient (Wildman–Crippen LogP) is 2.20. The van der Waals surface area contributed by atoms with E-state index < -0.39 is 0 Å². The maximum absolute atomic E-state index is 12.5. The van der Waals surface area contributed by atoms with E-state index in [1.165, 1.54) is 21.3 Å². The fourth-order valence-corrected chi connectivity index (χ4v) is 3.05. The van der Waals surface area contributed by atoms with Crippen LogP contribution in [-0.2, 0) is 22.5 Å². The lowest BCUT2D eigenvalue weighted by Gasteiger charge is -2.11. The van der Waals surface area contributed by atoms with Crippen molar-refractivity contribution in [2.75, 3.05) is 27.9 Å². The summed E-state index contributed by atoms with van der Waals surface area (Å²) in [5.41, 5.74) is 2.10. The molecule has 1 heterocycles. The van der Waals surface area contributed by atoms with Crippen LogP contribution < -0.4 is 14.8 Å². The number of carbonyl (C=O) groups is 2. The van der Waals surface area contributed by atoms with E-state index in [1.807, 2.05) is 28.8 Å². The molecule has 152 valence electrons. The number of aromatic nitrogens is 2. The minimum Gasteiger partial charge on any atom is -0.493 e. The number of methoxy groups -OCH3 is 3. The zero-order valence-corrected chi connectivity index (χ0v) is 16.6. The molecule has 0 bridgehead atoms. The van der Waals surface area contributed by atoms with Crippen molar-refractivity contribution in [3.8, 4) is 11.5 Å². The van der Waals surface area contributed by atoms with Gasteiger partial charge in [-0.1, -0.05) is 12.1 Å². The number of benzene rings is 2. The van der Waals surface area contributed by atoms with Crippen molar-refractivity contribution in [2.24, 2.45) is 0 Å². The summed E-state index contributed by atoms with van der Waals surface area (Å²) in [7, 11) is 4.41. The quantitative estimate of drug-likeness (QED) is 0.586. The van der Waals surface area contributed by atoms with Crippen molar-refractivity contribution in [1.29, 1.82) is 0 Å². The third-order valence-corrected chi connectivity index (χ3v) is 4.53. The van der Waals surface area contributed by atoms with Crippen molar-refractivity contribution in [2.45, 2.75) is 13.0 Å². The van der Waals surface area contributed by atoms with E-state index in [0.717, 1.165) is 11.0 Å². The summed E-state index contributed by atoms with van der Waals surface area (Å²) in [5.74, 6) is 1.15. The molecule has 0 aliphatic rings. The molecule has 8 heteroatoms. The maximum atomic E-state index is 12.5. The summed E-state index contributed by atoms with van der Waals surface area (Å²) in [4.78, 5) is 28.9. The summed E-state index contributed by atoms with van der Waals surface area (Å²) in [5, 5.41) is 2.87. The van der Waals surface area contributed by atoms with Crippen molar-refractivity contribution in [3.05, 3.63) is 53.9 Å². The van der Waals surface area contributed by atoms with Crippen LogP contribution in [0, 0.1) is 0 Å². The van der Waals surface area contributed by atoms with E-state index in [4.69, 9.17) is 14.2 Å². The Labute approximate surface area is 168 Å². The highest BCUT2D eigenvalue weighted by Crippen LogP contribution is 2.27. The van der Waals surface area contributed by atoms with Gasteiger partial charge in [0, 0.05) is 18.5 Å². The van der Waals surface area contributed by atoms with Gasteiger partial charge in [-0.3, -0.25) is 9.59 Å². The third kappa shape index (κ3) is 4.48. The van der Waals surface area contributed by atoms with Crippen molar-refractivity contribution in [3.63, 3.8) is 0 Å². The van der Waals surface area contributed by atoms with E-state index in [2.05, 4.69) is 10.3 Å². The molecule has 0 aliphatic heterocycles. The van der Waals surface area contributed by atoms with Gasteiger partial charge in [-0.15, -0.1) is 0 Å². The highest BCUT2D eigenvalue weighted by atomic mass is 16.5. The molecule has 1 amide bonds. The van der Waals surface area contributed by atoms with Gasteiger partial charge in [0.05, 0.1) is 32.4 Å². The second kappa shape index (κ2) is 9.09. The predicted molar refractivity (Wildman–Crippen MR) is 107 cm³/mol. The van der Waals surface area contributed by atoms with Crippen LogP contribution in [0.15, 0.2) is 42.5 Å². The average Bonchev–Trinajstić information content (AvgIpc) is 3.10. The normalized spacial score (nSPS) is 10.6. The van der Waals surface area contributed by atoms with Crippen LogP contribution in [0.2, 0.25) is 0 Å². The van der Waals surface area contributed by atoms with Gasteiger partial charge in [-0.05, 0) is 30.3 Å². The molecule has 2 aromatic carbocycles. The molecule has 0 aliphatic carbocycles. The number of carbonyl (C=O) groups excluding carboxylic acids is 2. The Bertz CT molecular complexity index is 1030. The molecule has 0 atom stereocenters. The number of hydrogen-bond acceptors (Lipinski definition) is 6. The fourth-order valence-electron chi connectivity index (χ4n) is 3.05. The Morgan fingerprint density at radius 2 is 1.79 bits per heavy atom. The number of amides is 1. The van der Waals surface area contributed by atoms with Crippen LogP contribution >= 0.6 is 0 Å². The van der Waals surface area contributed by atoms with Crippen LogP contribution in [0.25, 0.3) is 11.0 Å². The summed E-state index contributed by atoms with van der Waals surface area (Å²) in [6, 6.07) is 12.5. The van der Waals surface area contributed by atoms with E-state index >= 15 is 0 Å². The molecular weight excluding hydrogens is 374 g/mol.